The second kappa shape index (κ2) is 7.06. The predicted octanol–water partition coefficient (Wildman–Crippen LogP) is 3.57. The number of benzene rings is 2. The Morgan fingerprint density at radius 1 is 0.950 bits per heavy atom. The summed E-state index contributed by atoms with van der Waals surface area (Å²) in [6.07, 6.45) is 0. The van der Waals surface area contributed by atoms with Crippen LogP contribution in [0, 0.1) is 5.82 Å². The molecule has 2 aromatic carbocycles. The lowest BCUT2D eigenvalue weighted by Gasteiger charge is -2.19. The highest BCUT2D eigenvalue weighted by molar-refractivity contribution is 5.47. The average molecular weight is 272 g/mol. The van der Waals surface area contributed by atoms with Crippen molar-refractivity contribution >= 4 is 5.69 Å². The maximum Gasteiger partial charge on any atom is 0.123 e. The molecule has 0 bridgehead atoms. The molecule has 0 aliphatic carbocycles. The van der Waals surface area contributed by atoms with Crippen LogP contribution in [0.5, 0.6) is 0 Å². The number of nitrogens with zero attached hydrogens (tertiary/aromatic N) is 1. The molecular weight excluding hydrogens is 251 g/mol. The fraction of sp³-hybridized carbons (Fsp3) is 0.294. The highest BCUT2D eigenvalue weighted by atomic mass is 19.1. The molecular formula is C17H21FN2. The fourth-order valence-electron chi connectivity index (χ4n) is 2.09. The van der Waals surface area contributed by atoms with E-state index in [1.165, 1.54) is 17.7 Å². The van der Waals surface area contributed by atoms with Crippen molar-refractivity contribution in [3.05, 3.63) is 65.5 Å². The van der Waals surface area contributed by atoms with Gasteiger partial charge >= 0.3 is 0 Å². The van der Waals surface area contributed by atoms with Gasteiger partial charge in [-0.15, -0.1) is 0 Å². The van der Waals surface area contributed by atoms with Crippen LogP contribution in [-0.4, -0.2) is 13.6 Å². The van der Waals surface area contributed by atoms with Crippen molar-refractivity contribution in [1.82, 2.24) is 5.32 Å². The quantitative estimate of drug-likeness (QED) is 0.865. The molecule has 0 fully saturated rings. The monoisotopic (exact) mass is 272 g/mol. The molecule has 0 saturated carbocycles. The zero-order chi connectivity index (χ0) is 14.4. The molecule has 0 amide bonds. The first-order valence-corrected chi connectivity index (χ1v) is 6.94. The third-order valence-electron chi connectivity index (χ3n) is 3.29. The SMILES string of the molecule is CCNCc1ccc(N(C)Cc2ccc(F)cc2)cc1. The van der Waals surface area contributed by atoms with E-state index in [9.17, 15) is 4.39 Å². The van der Waals surface area contributed by atoms with Crippen LogP contribution in [0.3, 0.4) is 0 Å². The van der Waals surface area contributed by atoms with E-state index in [1.807, 2.05) is 19.2 Å². The maximum absolute atomic E-state index is 12.9. The van der Waals surface area contributed by atoms with Crippen molar-refractivity contribution in [3.8, 4) is 0 Å². The smallest absolute Gasteiger partial charge is 0.123 e. The Morgan fingerprint density at radius 2 is 1.55 bits per heavy atom. The first kappa shape index (κ1) is 14.5. The Bertz CT molecular complexity index is 520. The Balaban J connectivity index is 1.98. The lowest BCUT2D eigenvalue weighted by atomic mass is 10.1. The van der Waals surface area contributed by atoms with Crippen LogP contribution in [0.25, 0.3) is 0 Å². The van der Waals surface area contributed by atoms with Gasteiger partial charge in [-0.25, -0.2) is 4.39 Å². The second-order valence-electron chi connectivity index (χ2n) is 4.93. The fourth-order valence-corrected chi connectivity index (χ4v) is 2.09. The Hall–Kier alpha value is -1.87. The molecule has 0 aliphatic heterocycles. The summed E-state index contributed by atoms with van der Waals surface area (Å²) in [5.41, 5.74) is 3.55. The molecule has 20 heavy (non-hydrogen) atoms. The van der Waals surface area contributed by atoms with Gasteiger partial charge in [0.1, 0.15) is 5.82 Å². The van der Waals surface area contributed by atoms with E-state index < -0.39 is 0 Å². The predicted molar refractivity (Wildman–Crippen MR) is 82.3 cm³/mol. The molecule has 2 aromatic rings. The van der Waals surface area contributed by atoms with Gasteiger partial charge in [0, 0.05) is 25.8 Å². The largest absolute Gasteiger partial charge is 0.370 e. The minimum absolute atomic E-state index is 0.191. The zero-order valence-electron chi connectivity index (χ0n) is 12.1. The molecule has 0 saturated heterocycles. The van der Waals surface area contributed by atoms with Crippen LogP contribution in [0.15, 0.2) is 48.5 Å². The Morgan fingerprint density at radius 3 is 2.15 bits per heavy atom. The summed E-state index contributed by atoms with van der Waals surface area (Å²) in [6, 6.07) is 15.2. The van der Waals surface area contributed by atoms with Gasteiger partial charge in [0.25, 0.3) is 0 Å². The third kappa shape index (κ3) is 4.07. The summed E-state index contributed by atoms with van der Waals surface area (Å²) in [4.78, 5) is 2.16. The van der Waals surface area contributed by atoms with Gasteiger partial charge in [-0.3, -0.25) is 0 Å². The molecule has 2 rings (SSSR count). The normalized spacial score (nSPS) is 10.6. The number of anilines is 1. The van der Waals surface area contributed by atoms with E-state index >= 15 is 0 Å². The zero-order valence-corrected chi connectivity index (χ0v) is 12.1. The molecule has 0 radical (unpaired) electrons. The molecule has 2 nitrogen and oxygen atoms in total. The number of hydrogen-bond acceptors (Lipinski definition) is 2. The summed E-state index contributed by atoms with van der Waals surface area (Å²) in [5.74, 6) is -0.191. The first-order valence-electron chi connectivity index (χ1n) is 6.94. The van der Waals surface area contributed by atoms with Crippen molar-refractivity contribution in [2.75, 3.05) is 18.5 Å². The molecule has 106 valence electrons. The Labute approximate surface area is 120 Å². The summed E-state index contributed by atoms with van der Waals surface area (Å²) in [7, 11) is 2.04. The van der Waals surface area contributed by atoms with Crippen LogP contribution in [0.4, 0.5) is 10.1 Å². The highest BCUT2D eigenvalue weighted by Crippen LogP contribution is 2.16. The van der Waals surface area contributed by atoms with Gasteiger partial charge in [0.05, 0.1) is 0 Å². The standard InChI is InChI=1S/C17H21FN2/c1-3-19-12-14-6-10-17(11-7-14)20(2)13-15-4-8-16(18)9-5-15/h4-11,19H,3,12-13H2,1-2H3. The van der Waals surface area contributed by atoms with Crippen LogP contribution in [0.2, 0.25) is 0 Å². The number of halogens is 1. The maximum atomic E-state index is 12.9. The lowest BCUT2D eigenvalue weighted by molar-refractivity contribution is 0.627. The molecule has 0 aromatic heterocycles. The number of hydrogen-bond donors (Lipinski definition) is 1. The average Bonchev–Trinajstić information content (AvgIpc) is 2.48. The topological polar surface area (TPSA) is 15.3 Å². The van der Waals surface area contributed by atoms with Crippen LogP contribution < -0.4 is 10.2 Å². The molecule has 0 atom stereocenters. The summed E-state index contributed by atoms with van der Waals surface area (Å²) >= 11 is 0. The van der Waals surface area contributed by atoms with Crippen molar-refractivity contribution in [2.24, 2.45) is 0 Å². The van der Waals surface area contributed by atoms with Gasteiger partial charge in [0.2, 0.25) is 0 Å². The van der Waals surface area contributed by atoms with E-state index in [4.69, 9.17) is 0 Å². The molecule has 3 heteroatoms. The van der Waals surface area contributed by atoms with Crippen molar-refractivity contribution in [2.45, 2.75) is 20.0 Å². The number of rotatable bonds is 6. The van der Waals surface area contributed by atoms with Crippen molar-refractivity contribution in [3.63, 3.8) is 0 Å². The molecule has 0 aliphatic rings. The Kier molecular flexibility index (Phi) is 5.13. The summed E-state index contributed by atoms with van der Waals surface area (Å²) in [6.45, 7) is 4.75. The van der Waals surface area contributed by atoms with Gasteiger partial charge in [-0.2, -0.15) is 0 Å². The van der Waals surface area contributed by atoms with Gasteiger partial charge < -0.3 is 10.2 Å². The van der Waals surface area contributed by atoms with E-state index in [1.54, 1.807) is 0 Å². The van der Waals surface area contributed by atoms with Crippen molar-refractivity contribution in [1.29, 1.82) is 0 Å². The van der Waals surface area contributed by atoms with Gasteiger partial charge in [0.15, 0.2) is 0 Å². The molecule has 0 heterocycles. The summed E-state index contributed by atoms with van der Waals surface area (Å²) in [5, 5.41) is 3.31. The second-order valence-corrected chi connectivity index (χ2v) is 4.93. The minimum atomic E-state index is -0.191. The highest BCUT2D eigenvalue weighted by Gasteiger charge is 2.02. The van der Waals surface area contributed by atoms with Crippen LogP contribution in [-0.2, 0) is 13.1 Å². The van der Waals surface area contributed by atoms with Crippen molar-refractivity contribution < 1.29 is 4.39 Å². The van der Waals surface area contributed by atoms with E-state index in [-0.39, 0.29) is 5.82 Å². The number of nitrogens with one attached hydrogen (secondary N) is 1. The molecule has 0 spiro atoms. The molecule has 1 N–H and O–H groups in total. The third-order valence-corrected chi connectivity index (χ3v) is 3.29. The van der Waals surface area contributed by atoms with Gasteiger partial charge in [-0.1, -0.05) is 31.2 Å². The molecule has 0 unspecified atom stereocenters. The minimum Gasteiger partial charge on any atom is -0.370 e. The first-order chi connectivity index (χ1) is 9.69. The van der Waals surface area contributed by atoms with Gasteiger partial charge in [-0.05, 0) is 41.9 Å². The van der Waals surface area contributed by atoms with E-state index in [2.05, 4.69) is 41.4 Å². The summed E-state index contributed by atoms with van der Waals surface area (Å²) < 4.78 is 12.9. The van der Waals surface area contributed by atoms with E-state index in [0.717, 1.165) is 30.9 Å². The van der Waals surface area contributed by atoms with Crippen LogP contribution >= 0.6 is 0 Å². The lowest BCUT2D eigenvalue weighted by Crippen LogP contribution is -2.16. The van der Waals surface area contributed by atoms with E-state index in [0.29, 0.717) is 0 Å². The van der Waals surface area contributed by atoms with Crippen LogP contribution in [0.1, 0.15) is 18.1 Å².